The zero-order valence-electron chi connectivity index (χ0n) is 10.4. The summed E-state index contributed by atoms with van der Waals surface area (Å²) in [6.07, 6.45) is -4.73. The lowest BCUT2D eigenvalue weighted by Crippen LogP contribution is -2.17. The van der Waals surface area contributed by atoms with Gasteiger partial charge < -0.3 is 14.2 Å². The monoisotopic (exact) mass is 320 g/mol. The van der Waals surface area contributed by atoms with E-state index in [1.54, 1.807) is 5.38 Å². The summed E-state index contributed by atoms with van der Waals surface area (Å²) < 4.78 is 49.9. The number of rotatable bonds is 6. The maximum Gasteiger partial charge on any atom is 0.573 e. The van der Waals surface area contributed by atoms with E-state index in [2.05, 4.69) is 9.72 Å². The van der Waals surface area contributed by atoms with Crippen LogP contribution in [0.2, 0.25) is 0 Å². The molecular formula is C12H9F3NO4S. The van der Waals surface area contributed by atoms with E-state index in [1.165, 1.54) is 23.5 Å². The molecule has 1 aromatic heterocycles. The number of hydrogen-bond acceptors (Lipinski definition) is 5. The Morgan fingerprint density at radius 1 is 1.10 bits per heavy atom. The lowest BCUT2D eigenvalue weighted by Gasteiger charge is -2.10. The van der Waals surface area contributed by atoms with Gasteiger partial charge in [-0.05, 0) is 24.3 Å². The molecule has 0 aliphatic heterocycles. The summed E-state index contributed by atoms with van der Waals surface area (Å²) in [5.41, 5.74) is 0. The van der Waals surface area contributed by atoms with Gasteiger partial charge in [-0.25, -0.2) is 10.1 Å². The highest BCUT2D eigenvalue weighted by Gasteiger charge is 2.30. The minimum Gasteiger partial charge on any atom is -0.457 e. The summed E-state index contributed by atoms with van der Waals surface area (Å²) in [6, 6.07) is 4.88. The van der Waals surface area contributed by atoms with E-state index >= 15 is 0 Å². The first-order valence-electron chi connectivity index (χ1n) is 5.60. The van der Waals surface area contributed by atoms with Crippen molar-refractivity contribution in [3.05, 3.63) is 34.7 Å². The first-order valence-corrected chi connectivity index (χ1v) is 6.48. The predicted octanol–water partition coefficient (Wildman–Crippen LogP) is 3.39. The first-order chi connectivity index (χ1) is 9.96. The van der Waals surface area contributed by atoms with Crippen LogP contribution in [0.5, 0.6) is 17.4 Å². The molecule has 0 bridgehead atoms. The van der Waals surface area contributed by atoms with Gasteiger partial charge in [0.2, 0.25) is 12.7 Å². The van der Waals surface area contributed by atoms with Crippen LogP contribution in [-0.4, -0.2) is 18.1 Å². The number of alkyl halides is 3. The van der Waals surface area contributed by atoms with E-state index in [1.807, 2.05) is 0 Å². The number of hydrogen-bond donors (Lipinski definition) is 0. The van der Waals surface area contributed by atoms with Crippen LogP contribution in [0.25, 0.3) is 0 Å². The minimum atomic E-state index is -4.73. The van der Waals surface area contributed by atoms with E-state index in [4.69, 9.17) is 9.47 Å². The highest BCUT2D eigenvalue weighted by atomic mass is 32.1. The second kappa shape index (κ2) is 6.64. The molecule has 0 saturated carbocycles. The lowest BCUT2D eigenvalue weighted by molar-refractivity contribution is -0.274. The standard InChI is InChI=1S/C12H9F3NO4S/c13-12(14,15)20-9-3-1-8(2-4-9)18-7-19-10-6-21-11(5-17)16-10/h1-4,6H,5,7H2. The van der Waals surface area contributed by atoms with Crippen molar-refractivity contribution < 1.29 is 32.5 Å². The van der Waals surface area contributed by atoms with Crippen LogP contribution in [0.4, 0.5) is 13.2 Å². The normalized spacial score (nSPS) is 11.2. The first kappa shape index (κ1) is 15.4. The van der Waals surface area contributed by atoms with E-state index in [0.29, 0.717) is 10.8 Å². The van der Waals surface area contributed by atoms with Gasteiger partial charge in [0.1, 0.15) is 23.1 Å². The fourth-order valence-electron chi connectivity index (χ4n) is 1.32. The molecule has 0 spiro atoms. The smallest absolute Gasteiger partial charge is 0.457 e. The van der Waals surface area contributed by atoms with Crippen molar-refractivity contribution in [1.29, 1.82) is 0 Å². The average Bonchev–Trinajstić information content (AvgIpc) is 2.87. The Morgan fingerprint density at radius 3 is 2.33 bits per heavy atom. The number of nitrogens with zero attached hydrogens (tertiary/aromatic N) is 1. The van der Waals surface area contributed by atoms with E-state index < -0.39 is 13.0 Å². The quantitative estimate of drug-likeness (QED) is 0.766. The van der Waals surface area contributed by atoms with Gasteiger partial charge in [0.15, 0.2) is 0 Å². The molecule has 0 amide bonds. The summed E-state index contributed by atoms with van der Waals surface area (Å²) in [4.78, 5) is 3.87. The van der Waals surface area contributed by atoms with Gasteiger partial charge in [0.25, 0.3) is 0 Å². The fraction of sp³-hybridized carbons (Fsp3) is 0.250. The molecule has 1 heterocycles. The molecule has 0 saturated heterocycles. The Kier molecular flexibility index (Phi) is 4.86. The minimum absolute atomic E-state index is 0.179. The van der Waals surface area contributed by atoms with Crippen molar-refractivity contribution in [2.75, 3.05) is 6.79 Å². The Hall–Kier alpha value is -2.00. The van der Waals surface area contributed by atoms with Gasteiger partial charge in [-0.3, -0.25) is 0 Å². The molecule has 0 fully saturated rings. The zero-order chi connectivity index (χ0) is 15.3. The molecule has 0 aliphatic rings. The summed E-state index contributed by atoms with van der Waals surface area (Å²) in [7, 11) is 0. The molecule has 21 heavy (non-hydrogen) atoms. The summed E-state index contributed by atoms with van der Waals surface area (Å²) in [5.74, 6) is 0.238. The molecule has 9 heteroatoms. The number of benzene rings is 1. The molecule has 1 radical (unpaired) electrons. The van der Waals surface area contributed by atoms with Crippen LogP contribution < -0.4 is 14.2 Å². The highest BCUT2D eigenvalue weighted by Crippen LogP contribution is 2.24. The summed E-state index contributed by atoms with van der Waals surface area (Å²) >= 11 is 1.18. The van der Waals surface area contributed by atoms with Crippen LogP contribution in [0.15, 0.2) is 29.6 Å². The number of halogens is 3. The average molecular weight is 320 g/mol. The van der Waals surface area contributed by atoms with Gasteiger partial charge in [-0.2, -0.15) is 0 Å². The van der Waals surface area contributed by atoms with Gasteiger partial charge in [-0.1, -0.05) is 0 Å². The molecule has 5 nitrogen and oxygen atoms in total. The highest BCUT2D eigenvalue weighted by molar-refractivity contribution is 7.09. The maximum absolute atomic E-state index is 12.0. The summed E-state index contributed by atoms with van der Waals surface area (Å²) in [5, 5.41) is 12.5. The Morgan fingerprint density at radius 2 is 1.76 bits per heavy atom. The molecule has 1 aromatic carbocycles. The number of aromatic nitrogens is 1. The molecule has 0 N–H and O–H groups in total. The van der Waals surface area contributed by atoms with Gasteiger partial charge in [0.05, 0.1) is 5.38 Å². The third-order valence-corrected chi connectivity index (χ3v) is 2.94. The van der Waals surface area contributed by atoms with Crippen molar-refractivity contribution in [3.63, 3.8) is 0 Å². The lowest BCUT2D eigenvalue weighted by atomic mass is 10.3. The van der Waals surface area contributed by atoms with Crippen LogP contribution in [0.3, 0.4) is 0 Å². The number of thiazole rings is 1. The molecular weight excluding hydrogens is 311 g/mol. The molecule has 2 rings (SSSR count). The van der Waals surface area contributed by atoms with Crippen molar-refractivity contribution in [2.24, 2.45) is 0 Å². The van der Waals surface area contributed by atoms with Crippen LogP contribution >= 0.6 is 11.3 Å². The second-order valence-corrected chi connectivity index (χ2v) is 4.59. The zero-order valence-corrected chi connectivity index (χ0v) is 11.2. The van der Waals surface area contributed by atoms with Crippen LogP contribution in [0, 0.1) is 0 Å². The van der Waals surface area contributed by atoms with E-state index in [-0.39, 0.29) is 18.4 Å². The number of ether oxygens (including phenoxy) is 3. The predicted molar refractivity (Wildman–Crippen MR) is 65.8 cm³/mol. The third-order valence-electron chi connectivity index (χ3n) is 2.14. The van der Waals surface area contributed by atoms with E-state index in [0.717, 1.165) is 12.1 Å². The van der Waals surface area contributed by atoms with Crippen molar-refractivity contribution in [1.82, 2.24) is 4.98 Å². The Balaban J connectivity index is 1.80. The largest absolute Gasteiger partial charge is 0.573 e. The third kappa shape index (κ3) is 5.12. The van der Waals surface area contributed by atoms with Crippen molar-refractivity contribution in [3.8, 4) is 17.4 Å². The van der Waals surface area contributed by atoms with Crippen LogP contribution in [0.1, 0.15) is 5.01 Å². The molecule has 0 aliphatic carbocycles. The van der Waals surface area contributed by atoms with Crippen LogP contribution in [-0.2, 0) is 11.7 Å². The summed E-state index contributed by atoms with van der Waals surface area (Å²) in [6.45, 7) is -0.600. The van der Waals surface area contributed by atoms with Gasteiger partial charge >= 0.3 is 6.36 Å². The van der Waals surface area contributed by atoms with Crippen molar-refractivity contribution >= 4 is 11.3 Å². The topological polar surface area (TPSA) is 60.5 Å². The van der Waals surface area contributed by atoms with Gasteiger partial charge in [0, 0.05) is 0 Å². The second-order valence-electron chi connectivity index (χ2n) is 3.65. The SMILES string of the molecule is [O]Cc1nc(OCOc2ccc(OC(F)(F)F)cc2)cs1. The fourth-order valence-corrected chi connectivity index (χ4v) is 1.89. The van der Waals surface area contributed by atoms with Crippen molar-refractivity contribution in [2.45, 2.75) is 13.0 Å². The molecule has 2 aromatic rings. The van der Waals surface area contributed by atoms with Gasteiger partial charge in [-0.15, -0.1) is 24.5 Å². The Labute approximate surface area is 121 Å². The van der Waals surface area contributed by atoms with E-state index in [9.17, 15) is 18.3 Å². The molecule has 113 valence electrons. The molecule has 0 atom stereocenters. The molecule has 0 unspecified atom stereocenters. The Bertz CT molecular complexity index is 571. The maximum atomic E-state index is 12.0.